The third-order valence-corrected chi connectivity index (χ3v) is 7.26. The van der Waals surface area contributed by atoms with E-state index in [0.717, 1.165) is 46.8 Å². The monoisotopic (exact) mass is 466 g/mol. The quantitative estimate of drug-likeness (QED) is 0.434. The van der Waals surface area contributed by atoms with Gasteiger partial charge in [-0.2, -0.15) is 5.10 Å². The van der Waals surface area contributed by atoms with Crippen molar-refractivity contribution in [1.29, 1.82) is 0 Å². The molecule has 2 aromatic carbocycles. The zero-order chi connectivity index (χ0) is 24.6. The van der Waals surface area contributed by atoms with Crippen LogP contribution in [0.25, 0.3) is 10.8 Å². The van der Waals surface area contributed by atoms with Crippen LogP contribution in [0.2, 0.25) is 0 Å². The summed E-state index contributed by atoms with van der Waals surface area (Å²) in [5.74, 6) is -3.67. The van der Waals surface area contributed by atoms with Gasteiger partial charge in [0.1, 0.15) is 5.82 Å². The first-order chi connectivity index (χ1) is 15.9. The summed E-state index contributed by atoms with van der Waals surface area (Å²) < 4.78 is 42.7. The van der Waals surface area contributed by atoms with E-state index >= 15 is 0 Å². The predicted octanol–water partition coefficient (Wildman–Crippen LogP) is 7.14. The van der Waals surface area contributed by atoms with Crippen molar-refractivity contribution in [3.05, 3.63) is 70.8 Å². The Balaban J connectivity index is 1.60. The molecule has 1 aliphatic carbocycles. The Morgan fingerprint density at radius 1 is 1.18 bits per heavy atom. The van der Waals surface area contributed by atoms with Crippen molar-refractivity contribution in [1.82, 2.24) is 10.2 Å². The number of rotatable bonds is 5. The van der Waals surface area contributed by atoms with Gasteiger partial charge >= 0.3 is 0 Å². The highest BCUT2D eigenvalue weighted by molar-refractivity contribution is 5.98. The van der Waals surface area contributed by atoms with Gasteiger partial charge in [0, 0.05) is 46.1 Å². The summed E-state index contributed by atoms with van der Waals surface area (Å²) in [7, 11) is 0. The fraction of sp³-hybridized carbons (Fsp3) is 0.407. The Kier molecular flexibility index (Phi) is 4.97. The molecule has 7 heteroatoms. The van der Waals surface area contributed by atoms with E-state index in [1.54, 1.807) is 6.92 Å². The van der Waals surface area contributed by atoms with E-state index in [2.05, 4.69) is 53.0 Å². The molecule has 5 rings (SSSR count). The van der Waals surface area contributed by atoms with Crippen LogP contribution in [0.15, 0.2) is 42.6 Å². The summed E-state index contributed by atoms with van der Waals surface area (Å²) in [4.78, 5) is 2.34. The summed E-state index contributed by atoms with van der Waals surface area (Å²) in [5, 5.41) is 13.7. The molecule has 0 bridgehead atoms. The van der Waals surface area contributed by atoms with Gasteiger partial charge in [-0.3, -0.25) is 0 Å². The number of hydrogen-bond acceptors (Lipinski definition) is 4. The number of nitrogens with zero attached hydrogens (tertiary/aromatic N) is 3. The number of anilines is 2. The summed E-state index contributed by atoms with van der Waals surface area (Å²) in [6.07, 6.45) is 2.28. The number of aromatic nitrogens is 2. The van der Waals surface area contributed by atoms with Gasteiger partial charge in [0.15, 0.2) is 5.82 Å². The number of nitrogens with one attached hydrogen (secondary N) is 1. The van der Waals surface area contributed by atoms with Crippen LogP contribution in [0.3, 0.4) is 0 Å². The molecule has 1 atom stereocenters. The fourth-order valence-electron chi connectivity index (χ4n) is 4.98. The van der Waals surface area contributed by atoms with Crippen LogP contribution in [-0.2, 0) is 11.3 Å². The van der Waals surface area contributed by atoms with Crippen molar-refractivity contribution in [3.63, 3.8) is 0 Å². The minimum absolute atomic E-state index is 0.157. The lowest BCUT2D eigenvalue weighted by molar-refractivity contribution is 0.0136. The smallest absolute Gasteiger partial charge is 0.273 e. The third-order valence-electron chi connectivity index (χ3n) is 7.26. The summed E-state index contributed by atoms with van der Waals surface area (Å²) in [6.45, 7) is 13.1. The van der Waals surface area contributed by atoms with Crippen LogP contribution in [0.1, 0.15) is 69.0 Å². The van der Waals surface area contributed by atoms with Gasteiger partial charge in [-0.05, 0) is 44.4 Å². The van der Waals surface area contributed by atoms with E-state index in [1.165, 1.54) is 17.7 Å². The predicted molar refractivity (Wildman–Crippen MR) is 130 cm³/mol. The zero-order valence-electron chi connectivity index (χ0n) is 20.1. The van der Waals surface area contributed by atoms with Crippen LogP contribution < -0.4 is 10.2 Å². The maximum Gasteiger partial charge on any atom is 0.273 e. The van der Waals surface area contributed by atoms with E-state index in [0.29, 0.717) is 18.8 Å². The van der Waals surface area contributed by atoms with E-state index in [9.17, 15) is 13.2 Å². The molecule has 1 aliphatic heterocycles. The Morgan fingerprint density at radius 3 is 2.53 bits per heavy atom. The number of alkyl halides is 2. The fourth-order valence-corrected chi connectivity index (χ4v) is 4.98. The van der Waals surface area contributed by atoms with E-state index in [4.69, 9.17) is 0 Å². The highest BCUT2D eigenvalue weighted by Crippen LogP contribution is 2.53. The maximum absolute atomic E-state index is 15.0. The SMILES string of the molecule is C=C1N(C2CC2)c2cc3c(NC(C)c4cccc(C(C)(F)F)c4F)nnc(C)c3cc2C1(C)C. The number of halogens is 3. The van der Waals surface area contributed by atoms with Crippen molar-refractivity contribution in [2.45, 2.75) is 70.9 Å². The standard InChI is InChI=1S/C27H29F3N4/c1-14(18-8-7-9-21(24(18)28)27(6,29)30)31-25-20-13-23-22(12-19(20)15(2)32-33-25)26(4,5)16(3)34(23)17-10-11-17/h7-9,12-14,17H,3,10-11H2,1-2,4-6H3,(H,31,33). The Labute approximate surface area is 197 Å². The second-order valence-corrected chi connectivity index (χ2v) is 10.2. The van der Waals surface area contributed by atoms with Crippen molar-refractivity contribution in [3.8, 4) is 0 Å². The minimum atomic E-state index is -3.27. The molecule has 1 unspecified atom stereocenters. The topological polar surface area (TPSA) is 41.0 Å². The number of hydrogen-bond donors (Lipinski definition) is 1. The molecule has 0 spiro atoms. The number of aryl methyl sites for hydroxylation is 1. The Morgan fingerprint density at radius 2 is 1.88 bits per heavy atom. The van der Waals surface area contributed by atoms with Gasteiger partial charge in [0.05, 0.1) is 17.3 Å². The highest BCUT2D eigenvalue weighted by atomic mass is 19.3. The maximum atomic E-state index is 15.0. The van der Waals surface area contributed by atoms with Crippen molar-refractivity contribution in [2.24, 2.45) is 0 Å². The zero-order valence-corrected chi connectivity index (χ0v) is 20.1. The van der Waals surface area contributed by atoms with E-state index < -0.39 is 23.3 Å². The lowest BCUT2D eigenvalue weighted by atomic mass is 9.83. The molecule has 4 nitrogen and oxygen atoms in total. The van der Waals surface area contributed by atoms with Crippen LogP contribution in [0.5, 0.6) is 0 Å². The Hall–Kier alpha value is -3.09. The Bertz CT molecular complexity index is 1320. The molecule has 3 aromatic rings. The summed E-state index contributed by atoms with van der Waals surface area (Å²) in [6, 6.07) is 8.24. The third kappa shape index (κ3) is 3.44. The highest BCUT2D eigenvalue weighted by Gasteiger charge is 2.45. The van der Waals surface area contributed by atoms with Gasteiger partial charge < -0.3 is 10.2 Å². The van der Waals surface area contributed by atoms with Crippen LogP contribution in [0.4, 0.5) is 24.7 Å². The second kappa shape index (κ2) is 7.45. The first-order valence-electron chi connectivity index (χ1n) is 11.6. The first-order valence-corrected chi connectivity index (χ1v) is 11.6. The molecule has 0 radical (unpaired) electrons. The van der Waals surface area contributed by atoms with E-state index in [1.807, 2.05) is 6.92 Å². The van der Waals surface area contributed by atoms with Crippen LogP contribution >= 0.6 is 0 Å². The molecule has 178 valence electrons. The molecule has 1 saturated carbocycles. The van der Waals surface area contributed by atoms with Gasteiger partial charge in [-0.25, -0.2) is 13.2 Å². The second-order valence-electron chi connectivity index (χ2n) is 10.2. The molecule has 2 aliphatic rings. The molecule has 0 saturated heterocycles. The van der Waals surface area contributed by atoms with Crippen molar-refractivity contribution in [2.75, 3.05) is 10.2 Å². The van der Waals surface area contributed by atoms with Crippen LogP contribution in [0, 0.1) is 12.7 Å². The summed E-state index contributed by atoms with van der Waals surface area (Å²) in [5.41, 5.74) is 3.55. The van der Waals surface area contributed by atoms with E-state index in [-0.39, 0.29) is 11.0 Å². The number of benzene rings is 2. The average molecular weight is 467 g/mol. The minimum Gasteiger partial charge on any atom is -0.361 e. The molecule has 1 N–H and O–H groups in total. The molecular weight excluding hydrogens is 437 g/mol. The lowest BCUT2D eigenvalue weighted by Crippen LogP contribution is -2.26. The molecular formula is C27H29F3N4. The number of fused-ring (bicyclic) bond motifs is 2. The number of allylic oxidation sites excluding steroid dienone is 1. The normalized spacial score (nSPS) is 18.4. The molecule has 2 heterocycles. The van der Waals surface area contributed by atoms with Crippen LogP contribution in [-0.4, -0.2) is 16.2 Å². The van der Waals surface area contributed by atoms with Gasteiger partial charge in [0.2, 0.25) is 0 Å². The molecule has 0 amide bonds. The van der Waals surface area contributed by atoms with Gasteiger partial charge in [0.25, 0.3) is 5.92 Å². The van der Waals surface area contributed by atoms with Crippen molar-refractivity contribution < 1.29 is 13.2 Å². The van der Waals surface area contributed by atoms with Gasteiger partial charge in [-0.15, -0.1) is 5.10 Å². The average Bonchev–Trinajstić information content (AvgIpc) is 3.57. The molecule has 1 fully saturated rings. The van der Waals surface area contributed by atoms with Crippen molar-refractivity contribution >= 4 is 22.3 Å². The summed E-state index contributed by atoms with van der Waals surface area (Å²) >= 11 is 0. The molecule has 34 heavy (non-hydrogen) atoms. The van der Waals surface area contributed by atoms with Gasteiger partial charge in [-0.1, -0.05) is 38.6 Å². The largest absolute Gasteiger partial charge is 0.361 e. The molecule has 1 aromatic heterocycles. The lowest BCUT2D eigenvalue weighted by Gasteiger charge is -2.25. The first kappa shape index (κ1) is 22.7.